The summed E-state index contributed by atoms with van der Waals surface area (Å²) in [7, 11) is 0. The van der Waals surface area contributed by atoms with Crippen molar-refractivity contribution in [2.75, 3.05) is 13.1 Å². The van der Waals surface area contributed by atoms with Gasteiger partial charge in [-0.1, -0.05) is 24.3 Å². The Morgan fingerprint density at radius 2 is 2.00 bits per heavy atom. The van der Waals surface area contributed by atoms with Crippen molar-refractivity contribution in [3.8, 4) is 0 Å². The number of benzene rings is 1. The summed E-state index contributed by atoms with van der Waals surface area (Å²) in [6, 6.07) is 7.62. The van der Waals surface area contributed by atoms with Crippen molar-refractivity contribution in [2.45, 2.75) is 26.0 Å². The summed E-state index contributed by atoms with van der Waals surface area (Å²) in [5, 5.41) is 11.9. The number of nitrogens with zero attached hydrogens (tertiary/aromatic N) is 1. The minimum atomic E-state index is 0.0110. The Bertz CT molecular complexity index is 387. The number of hydrogen-bond acceptors (Lipinski definition) is 2. The zero-order chi connectivity index (χ0) is 12.1. The number of rotatable bonds is 3. The predicted octanol–water partition coefficient (Wildman–Crippen LogP) is 1.48. The first-order chi connectivity index (χ1) is 8.29. The van der Waals surface area contributed by atoms with E-state index in [1.807, 2.05) is 29.2 Å². The molecule has 4 nitrogen and oxygen atoms in total. The van der Waals surface area contributed by atoms with Crippen LogP contribution in [-0.4, -0.2) is 29.1 Å². The van der Waals surface area contributed by atoms with E-state index in [0.717, 1.165) is 37.1 Å². The van der Waals surface area contributed by atoms with E-state index in [4.69, 9.17) is 5.11 Å². The van der Waals surface area contributed by atoms with Crippen molar-refractivity contribution < 1.29 is 9.90 Å². The smallest absolute Gasteiger partial charge is 0.317 e. The molecule has 1 aliphatic heterocycles. The maximum absolute atomic E-state index is 11.7. The summed E-state index contributed by atoms with van der Waals surface area (Å²) in [6.45, 7) is 2.28. The number of aliphatic hydroxyl groups excluding tert-OH is 1. The summed E-state index contributed by atoms with van der Waals surface area (Å²) in [4.78, 5) is 13.6. The van der Waals surface area contributed by atoms with Crippen LogP contribution in [0.3, 0.4) is 0 Å². The van der Waals surface area contributed by atoms with Gasteiger partial charge in [0.05, 0.1) is 6.61 Å². The number of carbonyl (C=O) groups is 1. The molecule has 0 spiro atoms. The Hall–Kier alpha value is -1.55. The maximum Gasteiger partial charge on any atom is 0.317 e. The lowest BCUT2D eigenvalue weighted by Crippen LogP contribution is -2.37. The molecular weight excluding hydrogens is 216 g/mol. The van der Waals surface area contributed by atoms with Gasteiger partial charge in [-0.3, -0.25) is 0 Å². The number of amides is 2. The predicted molar refractivity (Wildman–Crippen MR) is 65.4 cm³/mol. The van der Waals surface area contributed by atoms with E-state index in [9.17, 15) is 4.79 Å². The lowest BCUT2D eigenvalue weighted by molar-refractivity contribution is 0.208. The van der Waals surface area contributed by atoms with Crippen LogP contribution in [0, 0.1) is 0 Å². The zero-order valence-corrected chi connectivity index (χ0v) is 9.85. The second kappa shape index (κ2) is 5.68. The van der Waals surface area contributed by atoms with Crippen LogP contribution < -0.4 is 5.32 Å². The first-order valence-corrected chi connectivity index (χ1v) is 6.01. The van der Waals surface area contributed by atoms with E-state index >= 15 is 0 Å². The largest absolute Gasteiger partial charge is 0.392 e. The van der Waals surface area contributed by atoms with Crippen molar-refractivity contribution in [3.05, 3.63) is 35.4 Å². The van der Waals surface area contributed by atoms with Crippen LogP contribution in [0.1, 0.15) is 24.0 Å². The van der Waals surface area contributed by atoms with Crippen LogP contribution in [-0.2, 0) is 13.2 Å². The van der Waals surface area contributed by atoms with Gasteiger partial charge in [-0.25, -0.2) is 4.79 Å². The second-order valence-electron chi connectivity index (χ2n) is 4.33. The molecular formula is C13H18N2O2. The molecule has 17 heavy (non-hydrogen) atoms. The molecule has 0 saturated carbocycles. The number of carbonyl (C=O) groups excluding carboxylic acids is 1. The monoisotopic (exact) mass is 234 g/mol. The molecule has 0 radical (unpaired) electrons. The van der Waals surface area contributed by atoms with Gasteiger partial charge in [-0.05, 0) is 24.0 Å². The molecule has 92 valence electrons. The summed E-state index contributed by atoms with van der Waals surface area (Å²) < 4.78 is 0. The third kappa shape index (κ3) is 3.20. The molecule has 1 fully saturated rings. The Morgan fingerprint density at radius 3 is 2.71 bits per heavy atom. The summed E-state index contributed by atoms with van der Waals surface area (Å²) in [5.74, 6) is 0. The summed E-state index contributed by atoms with van der Waals surface area (Å²) in [6.07, 6.45) is 2.21. The second-order valence-corrected chi connectivity index (χ2v) is 4.33. The number of aliphatic hydroxyl groups is 1. The molecule has 1 aromatic rings. The number of nitrogens with one attached hydrogen (secondary N) is 1. The molecule has 2 N–H and O–H groups in total. The first-order valence-electron chi connectivity index (χ1n) is 6.01. The SMILES string of the molecule is O=C(NCc1cccc(CO)c1)N1CCCC1. The Labute approximate surface area is 101 Å². The highest BCUT2D eigenvalue weighted by molar-refractivity contribution is 5.74. The Balaban J connectivity index is 1.86. The molecule has 1 aromatic carbocycles. The molecule has 0 aromatic heterocycles. The minimum Gasteiger partial charge on any atom is -0.392 e. The first kappa shape index (κ1) is 11.9. The number of hydrogen-bond donors (Lipinski definition) is 2. The summed E-state index contributed by atoms with van der Waals surface area (Å²) in [5.41, 5.74) is 1.89. The molecule has 2 amide bonds. The average molecular weight is 234 g/mol. The molecule has 4 heteroatoms. The van der Waals surface area contributed by atoms with E-state index in [0.29, 0.717) is 6.54 Å². The minimum absolute atomic E-state index is 0.0110. The van der Waals surface area contributed by atoms with E-state index < -0.39 is 0 Å². The lowest BCUT2D eigenvalue weighted by atomic mass is 10.1. The van der Waals surface area contributed by atoms with Gasteiger partial charge in [0.1, 0.15) is 0 Å². The molecule has 0 unspecified atom stereocenters. The molecule has 1 heterocycles. The molecule has 1 saturated heterocycles. The van der Waals surface area contributed by atoms with Crippen LogP contribution in [0.5, 0.6) is 0 Å². The van der Waals surface area contributed by atoms with Gasteiger partial charge in [0, 0.05) is 19.6 Å². The summed E-state index contributed by atoms with van der Waals surface area (Å²) >= 11 is 0. The molecule has 0 bridgehead atoms. The molecule has 0 atom stereocenters. The van der Waals surface area contributed by atoms with E-state index in [2.05, 4.69) is 5.32 Å². The van der Waals surface area contributed by atoms with Crippen molar-refractivity contribution in [2.24, 2.45) is 0 Å². The highest BCUT2D eigenvalue weighted by Crippen LogP contribution is 2.08. The fraction of sp³-hybridized carbons (Fsp3) is 0.462. The fourth-order valence-electron chi connectivity index (χ4n) is 2.05. The third-order valence-electron chi connectivity index (χ3n) is 3.01. The number of urea groups is 1. The molecule has 2 rings (SSSR count). The topological polar surface area (TPSA) is 52.6 Å². The highest BCUT2D eigenvalue weighted by Gasteiger charge is 2.16. The Kier molecular flexibility index (Phi) is 3.98. The maximum atomic E-state index is 11.7. The molecule has 1 aliphatic rings. The van der Waals surface area contributed by atoms with Crippen LogP contribution in [0.15, 0.2) is 24.3 Å². The van der Waals surface area contributed by atoms with Crippen LogP contribution in [0.2, 0.25) is 0 Å². The lowest BCUT2D eigenvalue weighted by Gasteiger charge is -2.16. The Morgan fingerprint density at radius 1 is 1.29 bits per heavy atom. The van der Waals surface area contributed by atoms with Gasteiger partial charge in [-0.15, -0.1) is 0 Å². The van der Waals surface area contributed by atoms with Crippen molar-refractivity contribution in [1.82, 2.24) is 10.2 Å². The van der Waals surface area contributed by atoms with E-state index in [1.54, 1.807) is 0 Å². The van der Waals surface area contributed by atoms with Gasteiger partial charge in [0.25, 0.3) is 0 Å². The van der Waals surface area contributed by atoms with Gasteiger partial charge >= 0.3 is 6.03 Å². The average Bonchev–Trinajstić information content (AvgIpc) is 2.90. The van der Waals surface area contributed by atoms with Crippen LogP contribution in [0.25, 0.3) is 0 Å². The van der Waals surface area contributed by atoms with Crippen molar-refractivity contribution in [3.63, 3.8) is 0 Å². The van der Waals surface area contributed by atoms with Gasteiger partial charge < -0.3 is 15.3 Å². The van der Waals surface area contributed by atoms with Crippen LogP contribution >= 0.6 is 0 Å². The van der Waals surface area contributed by atoms with Crippen molar-refractivity contribution in [1.29, 1.82) is 0 Å². The van der Waals surface area contributed by atoms with Gasteiger partial charge in [0.2, 0.25) is 0 Å². The van der Waals surface area contributed by atoms with Crippen LogP contribution in [0.4, 0.5) is 4.79 Å². The molecule has 0 aliphatic carbocycles. The zero-order valence-electron chi connectivity index (χ0n) is 9.85. The van der Waals surface area contributed by atoms with E-state index in [-0.39, 0.29) is 12.6 Å². The number of likely N-dealkylation sites (tertiary alicyclic amines) is 1. The normalized spacial score (nSPS) is 15.0. The highest BCUT2D eigenvalue weighted by atomic mass is 16.3. The van der Waals surface area contributed by atoms with Gasteiger partial charge in [0.15, 0.2) is 0 Å². The standard InChI is InChI=1S/C13H18N2O2/c16-10-12-5-3-4-11(8-12)9-14-13(17)15-6-1-2-7-15/h3-5,8,16H,1-2,6-7,9-10H2,(H,14,17). The van der Waals surface area contributed by atoms with Crippen molar-refractivity contribution >= 4 is 6.03 Å². The third-order valence-corrected chi connectivity index (χ3v) is 3.01. The van der Waals surface area contributed by atoms with E-state index in [1.165, 1.54) is 0 Å². The van der Waals surface area contributed by atoms with Gasteiger partial charge in [-0.2, -0.15) is 0 Å². The fourth-order valence-corrected chi connectivity index (χ4v) is 2.05. The quantitative estimate of drug-likeness (QED) is 0.832.